The third-order valence-corrected chi connectivity index (χ3v) is 20.6. The molecule has 4 aliphatic carbocycles. The molecule has 97 heavy (non-hydrogen) atoms. The van der Waals surface area contributed by atoms with Gasteiger partial charge < -0.3 is 64.3 Å². The van der Waals surface area contributed by atoms with Crippen LogP contribution in [0.3, 0.4) is 0 Å². The summed E-state index contributed by atoms with van der Waals surface area (Å²) in [5, 5.41) is 63.0. The van der Waals surface area contributed by atoms with Crippen LogP contribution in [-0.2, 0) is 59.5 Å². The zero-order valence-corrected chi connectivity index (χ0v) is 55.4. The Labute approximate surface area is 563 Å². The lowest BCUT2D eigenvalue weighted by Gasteiger charge is -2.69. The van der Waals surface area contributed by atoms with Gasteiger partial charge in [-0.25, -0.2) is 24.4 Å². The maximum absolute atomic E-state index is 13.8. The van der Waals surface area contributed by atoms with E-state index in [1.807, 2.05) is 65.0 Å². The van der Waals surface area contributed by atoms with Crippen LogP contribution in [0.15, 0.2) is 91.1 Å². The molecule has 7 atom stereocenters. The molecule has 7 N–H and O–H groups in total. The predicted molar refractivity (Wildman–Crippen MR) is 353 cm³/mol. The molecule has 1 saturated heterocycles. The number of imide groups is 1. The number of aliphatic hydroxyl groups is 3. The summed E-state index contributed by atoms with van der Waals surface area (Å²) in [6.07, 6.45) is 2.71. The molecule has 0 spiro atoms. The van der Waals surface area contributed by atoms with Crippen LogP contribution < -0.4 is 25.0 Å². The van der Waals surface area contributed by atoms with E-state index in [0.29, 0.717) is 84.9 Å². The number of pyridine rings is 1. The van der Waals surface area contributed by atoms with Crippen molar-refractivity contribution in [1.29, 1.82) is 0 Å². The number of amides is 5. The SMILES string of the molecule is Cc1c(-c2ccc(N3CCc4cccc(C(=O)Nc5nc6ccccc6s5)c4C3)nc2C(=O)O)cnn1CC12CC3(C)CC(C)(C1)CC(OCCN(C)C(=O)OCc1ccc(O[C@@H]4O[C@H](C(=O)O)[C@@H](O)[C@H](O)[C@H]4O)cc1OCCCNC(=O)CCCCCN1C(=O)C=CC1=O)(C3)C2. The Balaban J connectivity index is 0.662. The molecule has 4 saturated carbocycles. The molecule has 2 unspecified atom stereocenters. The molecule has 5 amide bonds. The fourth-order valence-electron chi connectivity index (χ4n) is 16.3. The highest BCUT2D eigenvalue weighted by Crippen LogP contribution is 2.72. The summed E-state index contributed by atoms with van der Waals surface area (Å²) in [5.74, 6) is -3.20. The summed E-state index contributed by atoms with van der Waals surface area (Å²) in [5.41, 5.74) is 4.72. The number of thiazole rings is 1. The van der Waals surface area contributed by atoms with E-state index in [9.17, 15) is 59.1 Å². The van der Waals surface area contributed by atoms with Crippen molar-refractivity contribution in [3.05, 3.63) is 125 Å². The Hall–Kier alpha value is -8.86. The highest BCUT2D eigenvalue weighted by Gasteiger charge is 2.66. The van der Waals surface area contributed by atoms with E-state index in [4.69, 9.17) is 33.8 Å². The minimum absolute atomic E-state index is 0.0229. The van der Waals surface area contributed by atoms with E-state index in [2.05, 4.69) is 29.5 Å². The number of hydrogen-bond donors (Lipinski definition) is 7. The van der Waals surface area contributed by atoms with Crippen molar-refractivity contribution < 1.29 is 82.8 Å². The number of aliphatic carboxylic acids is 1. The van der Waals surface area contributed by atoms with Crippen LogP contribution in [-0.4, -0.2) is 179 Å². The van der Waals surface area contributed by atoms with E-state index in [1.165, 1.54) is 40.5 Å². The second-order valence-electron chi connectivity index (χ2n) is 27.6. The quantitative estimate of drug-likeness (QED) is 0.0195. The third kappa shape index (κ3) is 14.9. The summed E-state index contributed by atoms with van der Waals surface area (Å²) < 4.78 is 33.1. The first kappa shape index (κ1) is 68.1. The number of aliphatic hydroxyl groups excluding tert-OH is 3. The first-order valence-electron chi connectivity index (χ1n) is 32.9. The van der Waals surface area contributed by atoms with Crippen molar-refractivity contribution in [3.8, 4) is 22.6 Å². The molecule has 13 rings (SSSR count). The summed E-state index contributed by atoms with van der Waals surface area (Å²) in [4.78, 5) is 103. The van der Waals surface area contributed by atoms with Gasteiger partial charge in [-0.2, -0.15) is 5.10 Å². The van der Waals surface area contributed by atoms with Gasteiger partial charge in [0.15, 0.2) is 16.9 Å². The molecule has 26 nitrogen and oxygen atoms in total. The maximum atomic E-state index is 13.8. The Morgan fingerprint density at radius 3 is 2.35 bits per heavy atom. The Morgan fingerprint density at radius 2 is 1.60 bits per heavy atom. The van der Waals surface area contributed by atoms with Gasteiger partial charge in [0.05, 0.1) is 35.2 Å². The molecular formula is C70H81N9O17S. The van der Waals surface area contributed by atoms with E-state index in [1.54, 1.807) is 25.4 Å². The van der Waals surface area contributed by atoms with Gasteiger partial charge in [-0.05, 0) is 141 Å². The topological polar surface area (TPSA) is 344 Å². The number of unbranched alkanes of at least 4 members (excludes halogenated alkanes) is 2. The number of carboxylic acid groups (broad SMARTS) is 2. The molecule has 0 radical (unpaired) electrons. The standard InChI is InChI=1S/C70H81N9O17S/c1-41-47(45-19-20-52(74-56(45)62(87)88)77-26-23-42-12-10-13-46(48(42)32-77)61(86)75-65-73-49-14-7-8-15-51(49)97-65)31-72-79(41)40-69-35-67(2)34-68(3,36-69)38-70(37-67,39-69)94-29-27-76(4)66(91)93-33-43-17-18-44(95-64-59(85)57(83)58(84)60(96-64)63(89)90)30-50(43)92-28-11-24-71-53(80)16-6-5-9-25-78-54(81)21-22-55(78)82/h7-8,10,12-15,17-22,30-31,57-60,64,83-85H,5-6,9,11,16,23-29,32-40H2,1-4H3,(H,71,80)(H,87,88)(H,89,90)(H,73,75,86)/t57-,58-,59+,60-,64+,67?,68?,69?,70?/m0/s1. The van der Waals surface area contributed by atoms with Crippen LogP contribution in [0.2, 0.25) is 0 Å². The molecule has 6 aromatic rings. The average Bonchev–Trinajstić information content (AvgIpc) is 0.810. The third-order valence-electron chi connectivity index (χ3n) is 19.7. The van der Waals surface area contributed by atoms with Crippen molar-refractivity contribution in [2.75, 3.05) is 56.7 Å². The lowest BCUT2D eigenvalue weighted by Crippen LogP contribution is -2.64. The molecule has 3 aromatic heterocycles. The maximum Gasteiger partial charge on any atom is 0.409 e. The monoisotopic (exact) mass is 1350 g/mol. The Morgan fingerprint density at radius 1 is 0.825 bits per heavy atom. The largest absolute Gasteiger partial charge is 0.493 e. The van der Waals surface area contributed by atoms with Gasteiger partial charge in [0.2, 0.25) is 12.2 Å². The number of para-hydroxylation sites is 1. The van der Waals surface area contributed by atoms with Crippen molar-refractivity contribution in [2.45, 2.75) is 154 Å². The van der Waals surface area contributed by atoms with Crippen LogP contribution in [0, 0.1) is 23.2 Å². The minimum Gasteiger partial charge on any atom is -0.493 e. The fraction of sp³-hybridized carbons (Fsp3) is 0.486. The van der Waals surface area contributed by atoms with E-state index >= 15 is 0 Å². The van der Waals surface area contributed by atoms with Gasteiger partial charge in [-0.3, -0.25) is 34.1 Å². The zero-order valence-electron chi connectivity index (χ0n) is 54.6. The van der Waals surface area contributed by atoms with Crippen LogP contribution >= 0.6 is 11.3 Å². The van der Waals surface area contributed by atoms with Gasteiger partial charge in [-0.1, -0.05) is 55.9 Å². The molecular weight excluding hydrogens is 1270 g/mol. The van der Waals surface area contributed by atoms with Gasteiger partial charge in [0.25, 0.3) is 17.7 Å². The molecule has 27 heteroatoms. The van der Waals surface area contributed by atoms with Crippen molar-refractivity contribution in [2.24, 2.45) is 16.2 Å². The molecule has 3 aromatic carbocycles. The zero-order chi connectivity index (χ0) is 68.6. The van der Waals surface area contributed by atoms with E-state index in [0.717, 1.165) is 70.5 Å². The molecule has 6 heterocycles. The van der Waals surface area contributed by atoms with Crippen molar-refractivity contribution >= 4 is 74.2 Å². The first-order chi connectivity index (χ1) is 46.4. The number of carbonyl (C=O) groups is 7. The van der Waals surface area contributed by atoms with Crippen LogP contribution in [0.4, 0.5) is 15.7 Å². The highest BCUT2D eigenvalue weighted by atomic mass is 32.1. The molecule has 7 aliphatic rings. The number of aromatic nitrogens is 4. The summed E-state index contributed by atoms with van der Waals surface area (Å²) in [7, 11) is 1.62. The molecule has 4 bridgehead atoms. The van der Waals surface area contributed by atoms with Gasteiger partial charge in [0.1, 0.15) is 42.2 Å². The van der Waals surface area contributed by atoms with E-state index < -0.39 is 54.3 Å². The number of likely N-dealkylation sites (N-methyl/N-ethyl adjacent to an activating group) is 1. The van der Waals surface area contributed by atoms with Crippen LogP contribution in [0.25, 0.3) is 21.3 Å². The summed E-state index contributed by atoms with van der Waals surface area (Å²) in [6.45, 7) is 8.96. The second kappa shape index (κ2) is 27.9. The molecule has 5 fully saturated rings. The van der Waals surface area contributed by atoms with Gasteiger partial charge in [-0.15, -0.1) is 0 Å². The van der Waals surface area contributed by atoms with E-state index in [-0.39, 0.29) is 103 Å². The molecule has 514 valence electrons. The summed E-state index contributed by atoms with van der Waals surface area (Å²) in [6, 6.07) is 21.5. The first-order valence-corrected chi connectivity index (χ1v) is 33.7. The molecule has 3 aliphatic heterocycles. The minimum atomic E-state index is -1.93. The number of rotatable bonds is 27. The number of benzene rings is 3. The second-order valence-corrected chi connectivity index (χ2v) is 28.6. The van der Waals surface area contributed by atoms with Crippen LogP contribution in [0.5, 0.6) is 11.5 Å². The number of ether oxygens (including phenoxy) is 5. The van der Waals surface area contributed by atoms with Crippen molar-refractivity contribution in [3.63, 3.8) is 0 Å². The van der Waals surface area contributed by atoms with Crippen molar-refractivity contribution in [1.82, 2.24) is 34.9 Å². The number of anilines is 2. The lowest BCUT2D eigenvalue weighted by molar-refractivity contribution is -0.271. The summed E-state index contributed by atoms with van der Waals surface area (Å²) >= 11 is 1.41. The average molecular weight is 1350 g/mol. The van der Waals surface area contributed by atoms with Gasteiger partial charge in [0, 0.05) is 98.9 Å². The number of carboxylic acids is 2. The Kier molecular flexibility index (Phi) is 19.6. The highest BCUT2D eigenvalue weighted by molar-refractivity contribution is 7.22. The number of fused-ring (bicyclic) bond motifs is 2. The van der Waals surface area contributed by atoms with Crippen LogP contribution in [0.1, 0.15) is 128 Å². The number of aromatic carboxylic acids is 1. The normalized spacial score (nSPS) is 25.5. The number of nitrogens with one attached hydrogen (secondary N) is 2. The lowest BCUT2D eigenvalue weighted by atomic mass is 9.39. The number of nitrogens with zero attached hydrogens (tertiary/aromatic N) is 7. The smallest absolute Gasteiger partial charge is 0.409 e. The Bertz CT molecular complexity index is 3990. The number of hydrogen-bond acceptors (Lipinski definition) is 20. The van der Waals surface area contributed by atoms with Gasteiger partial charge >= 0.3 is 18.0 Å². The predicted octanol–water partition coefficient (Wildman–Crippen LogP) is 7.42. The fourth-order valence-corrected chi connectivity index (χ4v) is 17.1. The number of carbonyl (C=O) groups excluding carboxylic acids is 5.